The summed E-state index contributed by atoms with van der Waals surface area (Å²) in [4.78, 5) is 10.4. The van der Waals surface area contributed by atoms with E-state index >= 15 is 0 Å². The molecule has 4 nitrogen and oxygen atoms in total. The first kappa shape index (κ1) is 12.3. The summed E-state index contributed by atoms with van der Waals surface area (Å²) in [6, 6.07) is 10.0. The molecule has 1 aromatic carbocycles. The number of benzene rings is 1. The Balaban J connectivity index is 2.23. The average molecular weight is 220 g/mol. The molecule has 1 rings (SSSR count). The molecule has 0 atom stereocenters. The molecule has 0 aromatic heterocycles. The summed E-state index contributed by atoms with van der Waals surface area (Å²) in [6.07, 6.45) is 4.10. The fourth-order valence-electron chi connectivity index (χ4n) is 1.32. The van der Waals surface area contributed by atoms with Crippen molar-refractivity contribution in [3.8, 4) is 0 Å². The van der Waals surface area contributed by atoms with E-state index in [1.807, 2.05) is 30.3 Å². The van der Waals surface area contributed by atoms with E-state index in [0.717, 1.165) is 24.0 Å². The molecule has 16 heavy (non-hydrogen) atoms. The van der Waals surface area contributed by atoms with Crippen LogP contribution in [0.2, 0.25) is 0 Å². The van der Waals surface area contributed by atoms with Crippen LogP contribution in [0.4, 0.5) is 0 Å². The fraction of sp³-hybridized carbons (Fsp3) is 0.250. The Morgan fingerprint density at radius 2 is 2.06 bits per heavy atom. The molecule has 0 radical (unpaired) electrons. The lowest BCUT2D eigenvalue weighted by atomic mass is 10.1. The molecule has 1 amide bonds. The van der Waals surface area contributed by atoms with Crippen molar-refractivity contribution in [3.63, 3.8) is 0 Å². The van der Waals surface area contributed by atoms with Crippen LogP contribution in [0.25, 0.3) is 0 Å². The second-order valence-electron chi connectivity index (χ2n) is 3.47. The third-order valence-electron chi connectivity index (χ3n) is 2.11. The van der Waals surface area contributed by atoms with Gasteiger partial charge < -0.3 is 5.73 Å². The van der Waals surface area contributed by atoms with Gasteiger partial charge in [0.2, 0.25) is 5.91 Å². The SMILES string of the molecule is NC(=O)/C=C\N(O)CCCc1ccccc1. The van der Waals surface area contributed by atoms with Gasteiger partial charge in [0.15, 0.2) is 0 Å². The van der Waals surface area contributed by atoms with Crippen molar-refractivity contribution in [1.82, 2.24) is 5.06 Å². The van der Waals surface area contributed by atoms with Crippen molar-refractivity contribution in [2.24, 2.45) is 5.73 Å². The molecule has 4 heteroatoms. The Morgan fingerprint density at radius 1 is 1.38 bits per heavy atom. The summed E-state index contributed by atoms with van der Waals surface area (Å²) in [5.74, 6) is -0.567. The summed E-state index contributed by atoms with van der Waals surface area (Å²) >= 11 is 0. The van der Waals surface area contributed by atoms with Crippen molar-refractivity contribution < 1.29 is 10.0 Å². The highest BCUT2D eigenvalue weighted by molar-refractivity contribution is 5.85. The number of carbonyl (C=O) groups is 1. The molecule has 0 heterocycles. The molecule has 3 N–H and O–H groups in total. The van der Waals surface area contributed by atoms with Gasteiger partial charge in [0.25, 0.3) is 0 Å². The molecule has 0 saturated heterocycles. The molecule has 86 valence electrons. The van der Waals surface area contributed by atoms with Crippen LogP contribution in [0.1, 0.15) is 12.0 Å². The highest BCUT2D eigenvalue weighted by atomic mass is 16.5. The Morgan fingerprint density at radius 3 is 2.69 bits per heavy atom. The van der Waals surface area contributed by atoms with Crippen LogP contribution < -0.4 is 5.73 Å². The zero-order valence-electron chi connectivity index (χ0n) is 9.04. The summed E-state index contributed by atoms with van der Waals surface area (Å²) < 4.78 is 0. The number of carbonyl (C=O) groups excluding carboxylic acids is 1. The predicted octanol–water partition coefficient (Wildman–Crippen LogP) is 1.31. The number of amides is 1. The quantitative estimate of drug-likeness (QED) is 0.561. The minimum atomic E-state index is -0.567. The van der Waals surface area contributed by atoms with Crippen molar-refractivity contribution in [2.45, 2.75) is 12.8 Å². The summed E-state index contributed by atoms with van der Waals surface area (Å²) in [5, 5.41) is 10.3. The predicted molar refractivity (Wildman–Crippen MR) is 61.6 cm³/mol. The summed E-state index contributed by atoms with van der Waals surface area (Å²) in [5.41, 5.74) is 6.13. The number of primary amides is 1. The number of hydrogen-bond acceptors (Lipinski definition) is 3. The van der Waals surface area contributed by atoms with E-state index in [1.54, 1.807) is 0 Å². The number of hydrogen-bond donors (Lipinski definition) is 2. The number of hydroxylamine groups is 2. The van der Waals surface area contributed by atoms with Gasteiger partial charge in [-0.15, -0.1) is 0 Å². The van der Waals surface area contributed by atoms with Gasteiger partial charge in [-0.1, -0.05) is 30.3 Å². The van der Waals surface area contributed by atoms with Crippen molar-refractivity contribution in [3.05, 3.63) is 48.2 Å². The first-order valence-corrected chi connectivity index (χ1v) is 5.15. The zero-order valence-corrected chi connectivity index (χ0v) is 9.04. The van der Waals surface area contributed by atoms with Crippen LogP contribution in [-0.2, 0) is 11.2 Å². The largest absolute Gasteiger partial charge is 0.366 e. The first-order valence-electron chi connectivity index (χ1n) is 5.15. The van der Waals surface area contributed by atoms with E-state index in [2.05, 4.69) is 0 Å². The minimum absolute atomic E-state index is 0.471. The Hall–Kier alpha value is -1.81. The van der Waals surface area contributed by atoms with Gasteiger partial charge in [-0.25, -0.2) is 0 Å². The number of nitrogens with zero attached hydrogens (tertiary/aromatic N) is 1. The van der Waals surface area contributed by atoms with Crippen molar-refractivity contribution in [2.75, 3.05) is 6.54 Å². The van der Waals surface area contributed by atoms with Crippen LogP contribution >= 0.6 is 0 Å². The van der Waals surface area contributed by atoms with Crippen LogP contribution in [0, 0.1) is 0 Å². The van der Waals surface area contributed by atoms with Gasteiger partial charge in [-0.2, -0.15) is 0 Å². The van der Waals surface area contributed by atoms with E-state index in [9.17, 15) is 10.0 Å². The van der Waals surface area contributed by atoms with E-state index in [-0.39, 0.29) is 0 Å². The third-order valence-corrected chi connectivity index (χ3v) is 2.11. The monoisotopic (exact) mass is 220 g/mol. The van der Waals surface area contributed by atoms with Gasteiger partial charge >= 0.3 is 0 Å². The van der Waals surface area contributed by atoms with Gasteiger partial charge in [-0.05, 0) is 18.4 Å². The lowest BCUT2D eigenvalue weighted by Crippen LogP contribution is -2.16. The Bertz CT molecular complexity index is 349. The topological polar surface area (TPSA) is 66.6 Å². The second kappa shape index (κ2) is 6.63. The minimum Gasteiger partial charge on any atom is -0.366 e. The average Bonchev–Trinajstić information content (AvgIpc) is 2.28. The standard InChI is InChI=1S/C12H16N2O2/c13-12(15)8-10-14(16)9-4-7-11-5-2-1-3-6-11/h1-3,5-6,8,10,16H,4,7,9H2,(H2,13,15)/b10-8-. The normalized spacial score (nSPS) is 10.6. The maximum atomic E-state index is 10.4. The number of aryl methyl sites for hydroxylation is 1. The van der Waals surface area contributed by atoms with Crippen LogP contribution in [0.5, 0.6) is 0 Å². The molecule has 0 bridgehead atoms. The van der Waals surface area contributed by atoms with E-state index in [1.165, 1.54) is 11.8 Å². The molecule has 1 aromatic rings. The smallest absolute Gasteiger partial charge is 0.242 e. The lowest BCUT2D eigenvalue weighted by molar-refractivity contribution is -0.114. The Labute approximate surface area is 94.9 Å². The highest BCUT2D eigenvalue weighted by Gasteiger charge is 1.96. The maximum Gasteiger partial charge on any atom is 0.242 e. The van der Waals surface area contributed by atoms with Crippen LogP contribution in [-0.4, -0.2) is 22.7 Å². The molecule has 0 aliphatic heterocycles. The molecule has 0 aliphatic carbocycles. The van der Waals surface area contributed by atoms with Crippen molar-refractivity contribution in [1.29, 1.82) is 0 Å². The summed E-state index contributed by atoms with van der Waals surface area (Å²) in [7, 11) is 0. The highest BCUT2D eigenvalue weighted by Crippen LogP contribution is 2.02. The van der Waals surface area contributed by atoms with Gasteiger partial charge in [0.05, 0.1) is 0 Å². The lowest BCUT2D eigenvalue weighted by Gasteiger charge is -2.10. The summed E-state index contributed by atoms with van der Waals surface area (Å²) in [6.45, 7) is 0.471. The van der Waals surface area contributed by atoms with Crippen LogP contribution in [0.15, 0.2) is 42.6 Å². The third kappa shape index (κ3) is 5.17. The molecule has 0 saturated carbocycles. The van der Waals surface area contributed by atoms with E-state index < -0.39 is 5.91 Å². The Kier molecular flexibility index (Phi) is 5.08. The molecular formula is C12H16N2O2. The number of rotatable bonds is 6. The maximum absolute atomic E-state index is 10.4. The molecule has 0 spiro atoms. The van der Waals surface area contributed by atoms with E-state index in [0.29, 0.717) is 6.54 Å². The number of nitrogens with two attached hydrogens (primary N) is 1. The van der Waals surface area contributed by atoms with Crippen molar-refractivity contribution >= 4 is 5.91 Å². The molecule has 0 fully saturated rings. The van der Waals surface area contributed by atoms with Gasteiger partial charge in [0.1, 0.15) is 0 Å². The molecular weight excluding hydrogens is 204 g/mol. The fourth-order valence-corrected chi connectivity index (χ4v) is 1.32. The molecule has 0 unspecified atom stereocenters. The van der Waals surface area contributed by atoms with Gasteiger partial charge in [-0.3, -0.25) is 15.1 Å². The zero-order chi connectivity index (χ0) is 11.8. The van der Waals surface area contributed by atoms with Crippen LogP contribution in [0.3, 0.4) is 0 Å². The van der Waals surface area contributed by atoms with Gasteiger partial charge in [0, 0.05) is 18.8 Å². The van der Waals surface area contributed by atoms with E-state index in [4.69, 9.17) is 5.73 Å². The molecule has 0 aliphatic rings. The first-order chi connectivity index (χ1) is 7.68. The second-order valence-corrected chi connectivity index (χ2v) is 3.47.